The predicted octanol–water partition coefficient (Wildman–Crippen LogP) is 1.62. The monoisotopic (exact) mass is 242 g/mol. The maximum Gasteiger partial charge on any atom is 0.246 e. The van der Waals surface area contributed by atoms with Gasteiger partial charge in [0.25, 0.3) is 0 Å². The van der Waals surface area contributed by atoms with Crippen LogP contribution in [-0.2, 0) is 11.3 Å². The van der Waals surface area contributed by atoms with E-state index in [2.05, 4.69) is 21.8 Å². The van der Waals surface area contributed by atoms with Crippen molar-refractivity contribution in [3.8, 4) is 11.4 Å². The first-order chi connectivity index (χ1) is 8.70. The second kappa shape index (κ2) is 5.27. The number of benzene rings is 1. The molecule has 1 amide bonds. The van der Waals surface area contributed by atoms with Crippen LogP contribution in [0.1, 0.15) is 5.82 Å². The second-order valence-electron chi connectivity index (χ2n) is 3.87. The highest BCUT2D eigenvalue weighted by molar-refractivity contribution is 5.86. The maximum atomic E-state index is 11.3. The molecule has 5 heteroatoms. The number of hydrogen-bond donors (Lipinski definition) is 1. The van der Waals surface area contributed by atoms with E-state index in [1.165, 1.54) is 11.0 Å². The smallest absolute Gasteiger partial charge is 0.246 e. The van der Waals surface area contributed by atoms with E-state index >= 15 is 0 Å². The summed E-state index contributed by atoms with van der Waals surface area (Å²) in [5.41, 5.74) is 0.942. The molecule has 0 atom stereocenters. The lowest BCUT2D eigenvalue weighted by Gasteiger charge is -2.11. The molecule has 1 N–H and O–H groups in total. The van der Waals surface area contributed by atoms with Crippen molar-refractivity contribution >= 4 is 5.91 Å². The third-order valence-electron chi connectivity index (χ3n) is 2.50. The zero-order chi connectivity index (χ0) is 13.0. The van der Waals surface area contributed by atoms with Crippen molar-refractivity contribution in [2.24, 2.45) is 0 Å². The van der Waals surface area contributed by atoms with E-state index in [1.807, 2.05) is 30.3 Å². The van der Waals surface area contributed by atoms with Gasteiger partial charge in [-0.05, 0) is 6.08 Å². The van der Waals surface area contributed by atoms with Gasteiger partial charge in [-0.2, -0.15) is 5.10 Å². The van der Waals surface area contributed by atoms with E-state index in [4.69, 9.17) is 0 Å². The molecule has 0 aliphatic carbocycles. The molecular formula is C13H14N4O. The summed E-state index contributed by atoms with van der Waals surface area (Å²) in [6, 6.07) is 9.67. The van der Waals surface area contributed by atoms with Crippen molar-refractivity contribution in [2.45, 2.75) is 6.54 Å². The maximum absolute atomic E-state index is 11.3. The van der Waals surface area contributed by atoms with Crippen LogP contribution in [0.4, 0.5) is 0 Å². The van der Waals surface area contributed by atoms with Crippen LogP contribution < -0.4 is 0 Å². The fourth-order valence-corrected chi connectivity index (χ4v) is 1.54. The van der Waals surface area contributed by atoms with Gasteiger partial charge >= 0.3 is 0 Å². The average Bonchev–Trinajstić information content (AvgIpc) is 2.87. The van der Waals surface area contributed by atoms with Crippen LogP contribution in [0.15, 0.2) is 43.0 Å². The number of aromatic amines is 1. The van der Waals surface area contributed by atoms with Crippen molar-refractivity contribution in [1.29, 1.82) is 0 Å². The number of aromatic nitrogens is 3. The van der Waals surface area contributed by atoms with Gasteiger partial charge in [-0.25, -0.2) is 4.98 Å². The lowest BCUT2D eigenvalue weighted by Crippen LogP contribution is -2.24. The Morgan fingerprint density at radius 1 is 1.44 bits per heavy atom. The van der Waals surface area contributed by atoms with E-state index in [0.29, 0.717) is 18.2 Å². The van der Waals surface area contributed by atoms with Crippen molar-refractivity contribution in [3.05, 3.63) is 48.8 Å². The molecule has 92 valence electrons. The minimum absolute atomic E-state index is 0.146. The second-order valence-corrected chi connectivity index (χ2v) is 3.87. The van der Waals surface area contributed by atoms with Crippen LogP contribution in [0.3, 0.4) is 0 Å². The lowest BCUT2D eigenvalue weighted by atomic mass is 10.2. The molecule has 1 aromatic carbocycles. The molecular weight excluding hydrogens is 228 g/mol. The Labute approximate surface area is 105 Å². The largest absolute Gasteiger partial charge is 0.335 e. The molecule has 5 nitrogen and oxygen atoms in total. The van der Waals surface area contributed by atoms with Gasteiger partial charge in [-0.1, -0.05) is 36.9 Å². The first-order valence-corrected chi connectivity index (χ1v) is 5.55. The molecule has 0 saturated heterocycles. The van der Waals surface area contributed by atoms with Gasteiger partial charge in [0.15, 0.2) is 5.82 Å². The minimum atomic E-state index is -0.146. The predicted molar refractivity (Wildman–Crippen MR) is 68.5 cm³/mol. The van der Waals surface area contributed by atoms with E-state index in [-0.39, 0.29) is 5.91 Å². The Morgan fingerprint density at radius 3 is 2.83 bits per heavy atom. The molecule has 0 aliphatic heterocycles. The lowest BCUT2D eigenvalue weighted by molar-refractivity contribution is -0.125. The normalized spacial score (nSPS) is 10.1. The molecule has 0 aliphatic rings. The molecule has 0 bridgehead atoms. The van der Waals surface area contributed by atoms with Crippen molar-refractivity contribution in [2.75, 3.05) is 7.05 Å². The summed E-state index contributed by atoms with van der Waals surface area (Å²) >= 11 is 0. The molecule has 1 aromatic heterocycles. The number of nitrogens with zero attached hydrogens (tertiary/aromatic N) is 3. The molecule has 2 rings (SSSR count). The first kappa shape index (κ1) is 12.0. The van der Waals surface area contributed by atoms with E-state index in [0.717, 1.165) is 5.56 Å². The quantitative estimate of drug-likeness (QED) is 0.829. The number of nitrogens with one attached hydrogen (secondary N) is 1. The Bertz CT molecular complexity index is 547. The third-order valence-corrected chi connectivity index (χ3v) is 2.50. The van der Waals surface area contributed by atoms with Gasteiger partial charge in [0.2, 0.25) is 5.91 Å². The summed E-state index contributed by atoms with van der Waals surface area (Å²) in [5, 5.41) is 6.95. The molecule has 2 aromatic rings. The minimum Gasteiger partial charge on any atom is -0.335 e. The number of carbonyl (C=O) groups is 1. The average molecular weight is 242 g/mol. The number of rotatable bonds is 4. The topological polar surface area (TPSA) is 61.9 Å². The number of likely N-dealkylation sites (N-methyl/N-ethyl adjacent to an activating group) is 1. The fraction of sp³-hybridized carbons (Fsp3) is 0.154. The van der Waals surface area contributed by atoms with Gasteiger partial charge in [-0.3, -0.25) is 9.89 Å². The molecule has 1 heterocycles. The van der Waals surface area contributed by atoms with Crippen LogP contribution in [0, 0.1) is 0 Å². The molecule has 0 spiro atoms. The van der Waals surface area contributed by atoms with Crippen LogP contribution in [-0.4, -0.2) is 33.0 Å². The zero-order valence-corrected chi connectivity index (χ0v) is 10.1. The van der Waals surface area contributed by atoms with E-state index in [1.54, 1.807) is 7.05 Å². The van der Waals surface area contributed by atoms with Gasteiger partial charge in [0.05, 0.1) is 6.54 Å². The van der Waals surface area contributed by atoms with Crippen LogP contribution in [0.5, 0.6) is 0 Å². The highest BCUT2D eigenvalue weighted by atomic mass is 16.2. The molecule has 0 unspecified atom stereocenters. The van der Waals surface area contributed by atoms with Crippen LogP contribution >= 0.6 is 0 Å². The summed E-state index contributed by atoms with van der Waals surface area (Å²) in [5.74, 6) is 1.13. The SMILES string of the molecule is C=CC(=O)N(C)Cc1nc(-c2ccccc2)n[nH]1. The highest BCUT2D eigenvalue weighted by Crippen LogP contribution is 2.13. The Hall–Kier alpha value is -2.43. The molecule has 18 heavy (non-hydrogen) atoms. The number of amides is 1. The summed E-state index contributed by atoms with van der Waals surface area (Å²) in [4.78, 5) is 17.2. The summed E-state index contributed by atoms with van der Waals surface area (Å²) in [7, 11) is 1.69. The van der Waals surface area contributed by atoms with Gasteiger partial charge in [0, 0.05) is 12.6 Å². The van der Waals surface area contributed by atoms with E-state index in [9.17, 15) is 4.79 Å². The standard InChI is InChI=1S/C13H14N4O/c1-3-12(18)17(2)9-11-14-13(16-15-11)10-7-5-4-6-8-10/h3-8H,1,9H2,2H3,(H,14,15,16). The molecule has 0 radical (unpaired) electrons. The number of carbonyl (C=O) groups excluding carboxylic acids is 1. The van der Waals surface area contributed by atoms with E-state index < -0.39 is 0 Å². The van der Waals surface area contributed by atoms with Crippen molar-refractivity contribution < 1.29 is 4.79 Å². The van der Waals surface area contributed by atoms with Crippen molar-refractivity contribution in [3.63, 3.8) is 0 Å². The van der Waals surface area contributed by atoms with Crippen molar-refractivity contribution in [1.82, 2.24) is 20.1 Å². The Morgan fingerprint density at radius 2 is 2.17 bits per heavy atom. The van der Waals surface area contributed by atoms with Gasteiger partial charge < -0.3 is 4.90 Å². The molecule has 0 fully saturated rings. The highest BCUT2D eigenvalue weighted by Gasteiger charge is 2.09. The fourth-order valence-electron chi connectivity index (χ4n) is 1.54. The van der Waals surface area contributed by atoms with Crippen LogP contribution in [0.25, 0.3) is 11.4 Å². The first-order valence-electron chi connectivity index (χ1n) is 5.55. The third kappa shape index (κ3) is 2.63. The summed E-state index contributed by atoms with van der Waals surface area (Å²) < 4.78 is 0. The Balaban J connectivity index is 2.12. The zero-order valence-electron chi connectivity index (χ0n) is 10.1. The van der Waals surface area contributed by atoms with Crippen LogP contribution in [0.2, 0.25) is 0 Å². The Kier molecular flexibility index (Phi) is 3.52. The van der Waals surface area contributed by atoms with Gasteiger partial charge in [0.1, 0.15) is 5.82 Å². The summed E-state index contributed by atoms with van der Waals surface area (Å²) in [6.45, 7) is 3.82. The number of H-pyrrole nitrogens is 1. The molecule has 0 saturated carbocycles. The summed E-state index contributed by atoms with van der Waals surface area (Å²) in [6.07, 6.45) is 1.27. The number of hydrogen-bond acceptors (Lipinski definition) is 3. The van der Waals surface area contributed by atoms with Gasteiger partial charge in [-0.15, -0.1) is 0 Å².